The van der Waals surface area contributed by atoms with Crippen LogP contribution < -0.4 is 0 Å². The standard InChI is InChI=1S/C7H13O10P/c8-3(1-5(10)11)6(12)7(13)4(9)2-17-18(14,15)16/h3,6-8,12-13H,1-2H2,(H,10,11)(H2,14,15,16)/t3-,6+,7+/m1/s1. The van der Waals surface area contributed by atoms with Crippen LogP contribution in [0, 0.1) is 0 Å². The first-order valence-corrected chi connectivity index (χ1v) is 6.06. The van der Waals surface area contributed by atoms with Gasteiger partial charge in [-0.2, -0.15) is 0 Å². The lowest BCUT2D eigenvalue weighted by Crippen LogP contribution is -2.44. The summed E-state index contributed by atoms with van der Waals surface area (Å²) in [7, 11) is -4.91. The first-order chi connectivity index (χ1) is 8.04. The van der Waals surface area contributed by atoms with Crippen molar-refractivity contribution >= 4 is 19.6 Å². The highest BCUT2D eigenvalue weighted by molar-refractivity contribution is 7.46. The van der Waals surface area contributed by atoms with E-state index >= 15 is 0 Å². The molecule has 0 unspecified atom stereocenters. The quantitative estimate of drug-likeness (QED) is 0.255. The maximum atomic E-state index is 11.1. The van der Waals surface area contributed by atoms with E-state index in [0.717, 1.165) is 0 Å². The first kappa shape index (κ1) is 17.1. The van der Waals surface area contributed by atoms with Crippen molar-refractivity contribution in [1.29, 1.82) is 0 Å². The second-order valence-electron chi connectivity index (χ2n) is 3.33. The SMILES string of the molecule is O=C(O)C[C@@H](O)[C@H](O)[C@@H](O)C(=O)COP(=O)(O)O. The van der Waals surface area contributed by atoms with Crippen LogP contribution in [0.4, 0.5) is 0 Å². The topological polar surface area (TPSA) is 182 Å². The van der Waals surface area contributed by atoms with E-state index in [2.05, 4.69) is 4.52 Å². The number of hydrogen-bond donors (Lipinski definition) is 6. The van der Waals surface area contributed by atoms with Crippen LogP contribution in [-0.4, -0.2) is 66.9 Å². The van der Waals surface area contributed by atoms with Crippen molar-refractivity contribution in [3.05, 3.63) is 0 Å². The van der Waals surface area contributed by atoms with Gasteiger partial charge in [0.25, 0.3) is 0 Å². The van der Waals surface area contributed by atoms with Gasteiger partial charge in [-0.15, -0.1) is 0 Å². The highest BCUT2D eigenvalue weighted by Gasteiger charge is 2.32. The second kappa shape index (κ2) is 6.90. The van der Waals surface area contributed by atoms with Crippen LogP contribution >= 0.6 is 7.82 Å². The average Bonchev–Trinajstić information content (AvgIpc) is 2.21. The molecule has 0 aromatic rings. The van der Waals surface area contributed by atoms with Gasteiger partial charge < -0.3 is 30.2 Å². The van der Waals surface area contributed by atoms with Crippen LogP contribution in [-0.2, 0) is 18.7 Å². The minimum absolute atomic E-state index is 0.912. The Hall–Kier alpha value is -0.870. The smallest absolute Gasteiger partial charge is 0.470 e. The Morgan fingerprint density at radius 1 is 1.17 bits per heavy atom. The van der Waals surface area contributed by atoms with Crippen LogP contribution in [0.5, 0.6) is 0 Å². The zero-order valence-electron chi connectivity index (χ0n) is 8.91. The van der Waals surface area contributed by atoms with Crippen molar-refractivity contribution in [2.75, 3.05) is 6.61 Å². The summed E-state index contributed by atoms with van der Waals surface area (Å²) in [6.45, 7) is -1.19. The fraction of sp³-hybridized carbons (Fsp3) is 0.714. The number of carboxylic acid groups (broad SMARTS) is 1. The Morgan fingerprint density at radius 2 is 1.67 bits per heavy atom. The third-order valence-electron chi connectivity index (χ3n) is 1.81. The van der Waals surface area contributed by atoms with Crippen LogP contribution in [0.25, 0.3) is 0 Å². The summed E-state index contributed by atoms with van der Waals surface area (Å²) in [5, 5.41) is 35.8. The highest BCUT2D eigenvalue weighted by Crippen LogP contribution is 2.35. The zero-order chi connectivity index (χ0) is 14.5. The lowest BCUT2D eigenvalue weighted by Gasteiger charge is -2.20. The fourth-order valence-corrected chi connectivity index (χ4v) is 1.23. The summed E-state index contributed by atoms with van der Waals surface area (Å²) in [4.78, 5) is 37.8. The molecule has 0 aromatic heterocycles. The van der Waals surface area contributed by atoms with E-state index in [9.17, 15) is 24.4 Å². The molecule has 0 saturated carbocycles. The number of carbonyl (C=O) groups excluding carboxylic acids is 1. The maximum Gasteiger partial charge on any atom is 0.470 e. The summed E-state index contributed by atoms with van der Waals surface area (Å²) in [6.07, 6.45) is -7.14. The van der Waals surface area contributed by atoms with Gasteiger partial charge in [-0.05, 0) is 0 Å². The lowest BCUT2D eigenvalue weighted by atomic mass is 10.0. The second-order valence-corrected chi connectivity index (χ2v) is 4.57. The van der Waals surface area contributed by atoms with E-state index in [1.807, 2.05) is 0 Å². The first-order valence-electron chi connectivity index (χ1n) is 4.53. The molecule has 11 heteroatoms. The molecule has 0 aliphatic carbocycles. The Bertz CT molecular complexity index is 348. The highest BCUT2D eigenvalue weighted by atomic mass is 31.2. The molecule has 10 nitrogen and oxygen atoms in total. The summed E-state index contributed by atoms with van der Waals surface area (Å²) in [5.74, 6) is -2.78. The lowest BCUT2D eigenvalue weighted by molar-refractivity contribution is -0.149. The number of aliphatic hydroxyl groups is 3. The van der Waals surface area contributed by atoms with Crippen molar-refractivity contribution in [1.82, 2.24) is 0 Å². The van der Waals surface area contributed by atoms with Crippen molar-refractivity contribution in [3.8, 4) is 0 Å². The zero-order valence-corrected chi connectivity index (χ0v) is 9.80. The van der Waals surface area contributed by atoms with Gasteiger partial charge in [-0.3, -0.25) is 14.1 Å². The predicted octanol–water partition coefficient (Wildman–Crippen LogP) is -2.78. The number of aliphatic carboxylic acids is 1. The molecule has 0 radical (unpaired) electrons. The van der Waals surface area contributed by atoms with Crippen LogP contribution in [0.2, 0.25) is 0 Å². The normalized spacial score (nSPS) is 16.9. The molecule has 106 valence electrons. The van der Waals surface area contributed by atoms with Crippen LogP contribution in [0.1, 0.15) is 6.42 Å². The third kappa shape index (κ3) is 6.77. The van der Waals surface area contributed by atoms with E-state index in [0.29, 0.717) is 0 Å². The van der Waals surface area contributed by atoms with Crippen molar-refractivity contribution in [3.63, 3.8) is 0 Å². The Kier molecular flexibility index (Phi) is 6.57. The van der Waals surface area contributed by atoms with E-state index in [4.69, 9.17) is 20.0 Å². The monoisotopic (exact) mass is 288 g/mol. The number of aliphatic hydroxyl groups excluding tert-OH is 3. The van der Waals surface area contributed by atoms with Gasteiger partial charge >= 0.3 is 13.8 Å². The van der Waals surface area contributed by atoms with Crippen LogP contribution in [0.3, 0.4) is 0 Å². The number of Topliss-reactive ketones (excluding diaryl/α,β-unsaturated/α-hetero) is 1. The van der Waals surface area contributed by atoms with Gasteiger partial charge in [0.1, 0.15) is 18.8 Å². The summed E-state index contributed by atoms with van der Waals surface area (Å²) < 4.78 is 14.0. The van der Waals surface area contributed by atoms with Gasteiger partial charge in [0.2, 0.25) is 0 Å². The molecule has 0 aliphatic rings. The van der Waals surface area contributed by atoms with Crippen molar-refractivity contribution in [2.24, 2.45) is 0 Å². The van der Waals surface area contributed by atoms with E-state index in [1.54, 1.807) is 0 Å². The molecule has 0 spiro atoms. The number of phosphoric ester groups is 1. The summed E-state index contributed by atoms with van der Waals surface area (Å²) >= 11 is 0. The number of phosphoric acid groups is 1. The third-order valence-corrected chi connectivity index (χ3v) is 2.27. The Labute approximate surface area is 101 Å². The molecule has 0 aliphatic heterocycles. The number of carbonyl (C=O) groups is 2. The number of ketones is 1. The number of carboxylic acids is 1. The van der Waals surface area contributed by atoms with Gasteiger partial charge in [-0.25, -0.2) is 4.57 Å². The molecular weight excluding hydrogens is 275 g/mol. The van der Waals surface area contributed by atoms with Gasteiger partial charge in [0, 0.05) is 0 Å². The minimum Gasteiger partial charge on any atom is -0.481 e. The van der Waals surface area contributed by atoms with Gasteiger partial charge in [0.05, 0.1) is 12.5 Å². The van der Waals surface area contributed by atoms with E-state index in [-0.39, 0.29) is 0 Å². The average molecular weight is 288 g/mol. The van der Waals surface area contributed by atoms with Gasteiger partial charge in [-0.1, -0.05) is 0 Å². The minimum atomic E-state index is -4.91. The molecule has 0 amide bonds. The van der Waals surface area contributed by atoms with Gasteiger partial charge in [0.15, 0.2) is 5.78 Å². The fourth-order valence-electron chi connectivity index (χ4n) is 0.934. The molecule has 0 heterocycles. The molecule has 18 heavy (non-hydrogen) atoms. The maximum absolute atomic E-state index is 11.1. The molecule has 0 rings (SSSR count). The van der Waals surface area contributed by atoms with E-state index in [1.165, 1.54) is 0 Å². The molecule has 0 saturated heterocycles. The number of rotatable bonds is 8. The molecular formula is C7H13O10P. The molecule has 0 bridgehead atoms. The van der Waals surface area contributed by atoms with E-state index < -0.39 is 50.9 Å². The molecule has 0 aromatic carbocycles. The summed E-state index contributed by atoms with van der Waals surface area (Å²) in [6, 6.07) is 0. The predicted molar refractivity (Wildman–Crippen MR) is 53.3 cm³/mol. The molecule has 6 N–H and O–H groups in total. The van der Waals surface area contributed by atoms with Crippen LogP contribution in [0.15, 0.2) is 0 Å². The number of hydrogen-bond acceptors (Lipinski definition) is 7. The Morgan fingerprint density at radius 3 is 2.06 bits per heavy atom. The summed E-state index contributed by atoms with van der Waals surface area (Å²) in [5.41, 5.74) is 0. The molecule has 0 fully saturated rings. The Balaban J connectivity index is 4.36. The largest absolute Gasteiger partial charge is 0.481 e. The molecule has 3 atom stereocenters. The van der Waals surface area contributed by atoms with Crippen molar-refractivity contribution < 1.29 is 48.9 Å². The van der Waals surface area contributed by atoms with Crippen molar-refractivity contribution in [2.45, 2.75) is 24.7 Å².